The average Bonchev–Trinajstić information content (AvgIpc) is 3.18. The van der Waals surface area contributed by atoms with Gasteiger partial charge in [0.2, 0.25) is 0 Å². The van der Waals surface area contributed by atoms with E-state index in [-0.39, 0.29) is 18.1 Å². The van der Waals surface area contributed by atoms with Gasteiger partial charge in [-0.2, -0.15) is 0 Å². The van der Waals surface area contributed by atoms with E-state index in [4.69, 9.17) is 9.47 Å². The third kappa shape index (κ3) is 3.85. The molecule has 3 heterocycles. The normalized spacial score (nSPS) is 29.6. The molecule has 0 bridgehead atoms. The van der Waals surface area contributed by atoms with Crippen LogP contribution in [0.25, 0.3) is 0 Å². The predicted molar refractivity (Wildman–Crippen MR) is 83.2 cm³/mol. The van der Waals surface area contributed by atoms with Crippen LogP contribution in [-0.4, -0.2) is 61.7 Å². The van der Waals surface area contributed by atoms with Crippen molar-refractivity contribution in [3.8, 4) is 0 Å². The van der Waals surface area contributed by atoms with Crippen LogP contribution in [0.15, 0.2) is 17.5 Å². The van der Waals surface area contributed by atoms with E-state index >= 15 is 0 Å². The molecule has 22 heavy (non-hydrogen) atoms. The van der Waals surface area contributed by atoms with E-state index < -0.39 is 6.10 Å². The Hall–Kier alpha value is -0.990. The lowest BCUT2D eigenvalue weighted by molar-refractivity contribution is 0.0377. The fraction of sp³-hybridized carbons (Fsp3) is 0.667. The molecule has 0 aromatic carbocycles. The third-order valence-corrected chi connectivity index (χ3v) is 5.03. The highest BCUT2D eigenvalue weighted by Gasteiger charge is 2.37. The van der Waals surface area contributed by atoms with Crippen LogP contribution in [0.2, 0.25) is 0 Å². The SMILES string of the molecule is O=C(NCC1OCC(NC2CCOCC2)C1O)c1cccs1. The number of carbonyl (C=O) groups excluding carboxylic acids is 1. The number of hydrogen-bond acceptors (Lipinski definition) is 6. The van der Waals surface area contributed by atoms with Crippen molar-refractivity contribution in [2.75, 3.05) is 26.4 Å². The summed E-state index contributed by atoms with van der Waals surface area (Å²) in [5, 5.41) is 18.5. The third-order valence-electron chi connectivity index (χ3n) is 4.16. The number of rotatable bonds is 5. The van der Waals surface area contributed by atoms with Gasteiger partial charge in [-0.1, -0.05) is 6.07 Å². The molecular formula is C15H22N2O4S. The van der Waals surface area contributed by atoms with Crippen molar-refractivity contribution >= 4 is 17.2 Å². The summed E-state index contributed by atoms with van der Waals surface area (Å²) in [6, 6.07) is 3.92. The minimum Gasteiger partial charge on any atom is -0.389 e. The van der Waals surface area contributed by atoms with Crippen LogP contribution in [0.4, 0.5) is 0 Å². The van der Waals surface area contributed by atoms with Crippen molar-refractivity contribution < 1.29 is 19.4 Å². The summed E-state index contributed by atoms with van der Waals surface area (Å²) in [6.07, 6.45) is 0.958. The molecule has 3 atom stereocenters. The molecule has 2 saturated heterocycles. The number of carbonyl (C=O) groups is 1. The molecule has 2 aliphatic rings. The summed E-state index contributed by atoms with van der Waals surface area (Å²) >= 11 is 1.40. The minimum absolute atomic E-state index is 0.0771. The Morgan fingerprint density at radius 2 is 2.23 bits per heavy atom. The van der Waals surface area contributed by atoms with Gasteiger partial charge in [0.25, 0.3) is 5.91 Å². The molecule has 1 aromatic heterocycles. The lowest BCUT2D eigenvalue weighted by Crippen LogP contribution is -2.49. The van der Waals surface area contributed by atoms with E-state index in [2.05, 4.69) is 10.6 Å². The van der Waals surface area contributed by atoms with Crippen molar-refractivity contribution in [1.29, 1.82) is 0 Å². The van der Waals surface area contributed by atoms with Crippen molar-refractivity contribution in [1.82, 2.24) is 10.6 Å². The van der Waals surface area contributed by atoms with Gasteiger partial charge in [-0.05, 0) is 24.3 Å². The zero-order chi connectivity index (χ0) is 15.4. The molecule has 2 aliphatic heterocycles. The van der Waals surface area contributed by atoms with Crippen molar-refractivity contribution in [3.63, 3.8) is 0 Å². The first-order valence-electron chi connectivity index (χ1n) is 7.69. The summed E-state index contributed by atoms with van der Waals surface area (Å²) in [7, 11) is 0. The second kappa shape index (κ2) is 7.52. The van der Waals surface area contributed by atoms with Crippen LogP contribution in [-0.2, 0) is 9.47 Å². The largest absolute Gasteiger partial charge is 0.389 e. The van der Waals surface area contributed by atoms with Gasteiger partial charge in [-0.3, -0.25) is 4.79 Å². The molecule has 0 saturated carbocycles. The number of aliphatic hydroxyl groups is 1. The van der Waals surface area contributed by atoms with Gasteiger partial charge in [0.05, 0.1) is 23.6 Å². The van der Waals surface area contributed by atoms with Gasteiger partial charge in [0.15, 0.2) is 0 Å². The van der Waals surface area contributed by atoms with Crippen LogP contribution < -0.4 is 10.6 Å². The molecule has 6 nitrogen and oxygen atoms in total. The molecule has 1 amide bonds. The van der Waals surface area contributed by atoms with E-state index in [0.29, 0.717) is 24.1 Å². The van der Waals surface area contributed by atoms with Crippen LogP contribution in [0.1, 0.15) is 22.5 Å². The van der Waals surface area contributed by atoms with Gasteiger partial charge in [-0.25, -0.2) is 0 Å². The van der Waals surface area contributed by atoms with Crippen molar-refractivity contribution in [2.45, 2.75) is 37.1 Å². The minimum atomic E-state index is -0.605. The number of amides is 1. The summed E-state index contributed by atoms with van der Waals surface area (Å²) in [5.41, 5.74) is 0. The van der Waals surface area contributed by atoms with E-state index in [1.54, 1.807) is 6.07 Å². The molecule has 0 spiro atoms. The Morgan fingerprint density at radius 1 is 1.41 bits per heavy atom. The molecule has 3 N–H and O–H groups in total. The van der Waals surface area contributed by atoms with E-state index in [0.717, 1.165) is 26.1 Å². The van der Waals surface area contributed by atoms with Crippen molar-refractivity contribution in [2.24, 2.45) is 0 Å². The number of aliphatic hydroxyl groups excluding tert-OH is 1. The molecule has 2 fully saturated rings. The lowest BCUT2D eigenvalue weighted by atomic mass is 10.0. The van der Waals surface area contributed by atoms with Crippen molar-refractivity contribution in [3.05, 3.63) is 22.4 Å². The highest BCUT2D eigenvalue weighted by Crippen LogP contribution is 2.17. The number of thiophene rings is 1. The topological polar surface area (TPSA) is 79.8 Å². The molecule has 122 valence electrons. The highest BCUT2D eigenvalue weighted by molar-refractivity contribution is 7.12. The lowest BCUT2D eigenvalue weighted by Gasteiger charge is -2.27. The first kappa shape index (κ1) is 15.9. The fourth-order valence-corrected chi connectivity index (χ4v) is 3.51. The van der Waals surface area contributed by atoms with Gasteiger partial charge in [0, 0.05) is 25.8 Å². The van der Waals surface area contributed by atoms with Gasteiger partial charge in [0.1, 0.15) is 6.10 Å². The monoisotopic (exact) mass is 326 g/mol. The summed E-state index contributed by atoms with van der Waals surface area (Å²) in [5.74, 6) is -0.119. The quantitative estimate of drug-likeness (QED) is 0.729. The van der Waals surface area contributed by atoms with Crippen LogP contribution in [0.3, 0.4) is 0 Å². The smallest absolute Gasteiger partial charge is 0.261 e. The zero-order valence-electron chi connectivity index (χ0n) is 12.4. The van der Waals surface area contributed by atoms with Gasteiger partial charge >= 0.3 is 0 Å². The molecule has 1 aromatic rings. The zero-order valence-corrected chi connectivity index (χ0v) is 13.2. The maximum absolute atomic E-state index is 11.9. The maximum atomic E-state index is 11.9. The molecule has 7 heteroatoms. The summed E-state index contributed by atoms with van der Waals surface area (Å²) in [6.45, 7) is 2.32. The Kier molecular flexibility index (Phi) is 5.43. The van der Waals surface area contributed by atoms with Gasteiger partial charge in [-0.15, -0.1) is 11.3 Å². The van der Waals surface area contributed by atoms with Crippen LogP contribution >= 0.6 is 11.3 Å². The highest BCUT2D eigenvalue weighted by atomic mass is 32.1. The molecular weight excluding hydrogens is 304 g/mol. The Bertz CT molecular complexity index is 476. The van der Waals surface area contributed by atoms with E-state index in [1.807, 2.05) is 11.4 Å². The Morgan fingerprint density at radius 3 is 2.95 bits per heavy atom. The average molecular weight is 326 g/mol. The van der Waals surface area contributed by atoms with E-state index in [1.165, 1.54) is 11.3 Å². The summed E-state index contributed by atoms with van der Waals surface area (Å²) < 4.78 is 11.0. The number of ether oxygens (including phenoxy) is 2. The predicted octanol–water partition coefficient (Wildman–Crippen LogP) is 0.375. The second-order valence-electron chi connectivity index (χ2n) is 5.71. The number of nitrogens with one attached hydrogen (secondary N) is 2. The molecule has 3 unspecified atom stereocenters. The second-order valence-corrected chi connectivity index (χ2v) is 6.66. The fourth-order valence-electron chi connectivity index (χ4n) is 2.87. The maximum Gasteiger partial charge on any atom is 0.261 e. The molecule has 0 aliphatic carbocycles. The van der Waals surface area contributed by atoms with E-state index in [9.17, 15) is 9.90 Å². The first-order valence-corrected chi connectivity index (χ1v) is 8.57. The Labute approximate surface area is 133 Å². The Balaban J connectivity index is 1.44. The van der Waals surface area contributed by atoms with Crippen LogP contribution in [0, 0.1) is 0 Å². The molecule has 0 radical (unpaired) electrons. The number of hydrogen-bond donors (Lipinski definition) is 3. The molecule has 3 rings (SSSR count). The summed E-state index contributed by atoms with van der Waals surface area (Å²) in [4.78, 5) is 12.6. The van der Waals surface area contributed by atoms with Gasteiger partial charge < -0.3 is 25.2 Å². The standard InChI is InChI=1S/C15H22N2O4S/c18-14-11(17-10-3-5-20-6-4-10)9-21-12(14)8-16-15(19)13-2-1-7-22-13/h1-2,7,10-12,14,17-18H,3-6,8-9H2,(H,16,19). The van der Waals surface area contributed by atoms with Crippen LogP contribution in [0.5, 0.6) is 0 Å². The first-order chi connectivity index (χ1) is 10.7.